The zero-order valence-electron chi connectivity index (χ0n) is 12.8. The lowest BCUT2D eigenvalue weighted by atomic mass is 9.98. The van der Waals surface area contributed by atoms with E-state index in [1.165, 1.54) is 0 Å². The highest BCUT2D eigenvalue weighted by Crippen LogP contribution is 2.30. The van der Waals surface area contributed by atoms with Gasteiger partial charge in [-0.3, -0.25) is 0 Å². The molecule has 1 aromatic carbocycles. The van der Waals surface area contributed by atoms with E-state index in [-0.39, 0.29) is 44.0 Å². The van der Waals surface area contributed by atoms with Gasteiger partial charge in [-0.15, -0.1) is 0 Å². The number of hydrogen-bond donors (Lipinski definition) is 1. The highest BCUT2D eigenvalue weighted by atomic mass is 32.2. The van der Waals surface area contributed by atoms with Crippen molar-refractivity contribution < 1.29 is 30.4 Å². The first-order chi connectivity index (χ1) is 11.6. The van der Waals surface area contributed by atoms with Gasteiger partial charge in [-0.25, -0.2) is 17.2 Å². The van der Waals surface area contributed by atoms with E-state index in [0.29, 0.717) is 4.31 Å². The maximum atomic E-state index is 13.7. The Bertz CT molecular complexity index is 758. The Morgan fingerprint density at radius 1 is 1.20 bits per heavy atom. The molecule has 0 atom stereocenters. The number of piperidine rings is 1. The SMILES string of the molecule is N#Cc1cc(F)c(NCC2CCN(S(=O)(=O)C(F)(F)F)CC2)c(F)c1. The van der Waals surface area contributed by atoms with Gasteiger partial charge in [0, 0.05) is 19.6 Å². The number of benzene rings is 1. The molecular formula is C14H14F5N3O2S. The van der Waals surface area contributed by atoms with Crippen LogP contribution in [0.5, 0.6) is 0 Å². The van der Waals surface area contributed by atoms with Gasteiger partial charge >= 0.3 is 15.5 Å². The van der Waals surface area contributed by atoms with Gasteiger partial charge in [0.1, 0.15) is 5.69 Å². The predicted molar refractivity (Wildman–Crippen MR) is 78.8 cm³/mol. The van der Waals surface area contributed by atoms with Crippen LogP contribution >= 0.6 is 0 Å². The second-order valence-corrected chi connectivity index (χ2v) is 7.53. The van der Waals surface area contributed by atoms with Crippen molar-refractivity contribution in [3.63, 3.8) is 0 Å². The van der Waals surface area contributed by atoms with Crippen LogP contribution in [0.2, 0.25) is 0 Å². The summed E-state index contributed by atoms with van der Waals surface area (Å²) in [5.41, 5.74) is -5.94. The van der Waals surface area contributed by atoms with Crippen LogP contribution in [0, 0.1) is 28.9 Å². The summed E-state index contributed by atoms with van der Waals surface area (Å²) in [5, 5.41) is 11.2. The highest BCUT2D eigenvalue weighted by Gasteiger charge is 2.50. The van der Waals surface area contributed by atoms with Crippen LogP contribution in [0.3, 0.4) is 0 Å². The lowest BCUT2D eigenvalue weighted by molar-refractivity contribution is -0.0496. The molecule has 11 heteroatoms. The van der Waals surface area contributed by atoms with Gasteiger partial charge in [0.2, 0.25) is 0 Å². The van der Waals surface area contributed by atoms with E-state index >= 15 is 0 Å². The fourth-order valence-corrected chi connectivity index (χ4v) is 3.54. The number of nitrogens with zero attached hydrogens (tertiary/aromatic N) is 2. The fraction of sp³-hybridized carbons (Fsp3) is 0.500. The van der Waals surface area contributed by atoms with E-state index in [4.69, 9.17) is 5.26 Å². The molecule has 1 heterocycles. The Balaban J connectivity index is 1.95. The maximum Gasteiger partial charge on any atom is 0.511 e. The van der Waals surface area contributed by atoms with Crippen molar-refractivity contribution in [2.45, 2.75) is 18.3 Å². The van der Waals surface area contributed by atoms with Gasteiger partial charge in [-0.1, -0.05) is 0 Å². The van der Waals surface area contributed by atoms with Crippen LogP contribution in [-0.4, -0.2) is 37.9 Å². The van der Waals surface area contributed by atoms with Crippen LogP contribution in [0.1, 0.15) is 18.4 Å². The van der Waals surface area contributed by atoms with E-state index in [1.54, 1.807) is 6.07 Å². The summed E-state index contributed by atoms with van der Waals surface area (Å²) in [4.78, 5) is 0. The van der Waals surface area contributed by atoms with E-state index in [9.17, 15) is 30.4 Å². The minimum atomic E-state index is -5.35. The summed E-state index contributed by atoms with van der Waals surface area (Å²) in [7, 11) is -5.35. The molecule has 0 aromatic heterocycles. The molecule has 5 nitrogen and oxygen atoms in total. The Hall–Kier alpha value is -1.93. The number of rotatable bonds is 4. The van der Waals surface area contributed by atoms with Gasteiger partial charge in [-0.05, 0) is 30.9 Å². The highest BCUT2D eigenvalue weighted by molar-refractivity contribution is 7.90. The average molecular weight is 383 g/mol. The van der Waals surface area contributed by atoms with E-state index < -0.39 is 32.9 Å². The molecule has 0 radical (unpaired) electrons. The molecule has 1 fully saturated rings. The third kappa shape index (κ3) is 4.19. The first kappa shape index (κ1) is 19.4. The van der Waals surface area contributed by atoms with Gasteiger partial charge in [0.25, 0.3) is 0 Å². The van der Waals surface area contributed by atoms with Crippen molar-refractivity contribution in [2.75, 3.05) is 25.0 Å². The van der Waals surface area contributed by atoms with Crippen molar-refractivity contribution in [2.24, 2.45) is 5.92 Å². The topological polar surface area (TPSA) is 73.2 Å². The molecule has 1 aliphatic rings. The first-order valence-corrected chi connectivity index (χ1v) is 8.69. The van der Waals surface area contributed by atoms with Crippen LogP contribution < -0.4 is 5.32 Å². The molecule has 138 valence electrons. The molecule has 2 rings (SSSR count). The van der Waals surface area contributed by atoms with Crippen molar-refractivity contribution in [3.8, 4) is 6.07 Å². The summed E-state index contributed by atoms with van der Waals surface area (Å²) in [6, 6.07) is 3.34. The van der Waals surface area contributed by atoms with Crippen LogP contribution in [0.25, 0.3) is 0 Å². The Kier molecular flexibility index (Phi) is 5.53. The number of hydrogen-bond acceptors (Lipinski definition) is 4. The van der Waals surface area contributed by atoms with Crippen LogP contribution in [-0.2, 0) is 10.0 Å². The molecule has 1 N–H and O–H groups in total. The zero-order valence-corrected chi connectivity index (χ0v) is 13.6. The predicted octanol–water partition coefficient (Wildman–Crippen LogP) is 2.81. The molecule has 1 aliphatic heterocycles. The molecule has 1 saturated heterocycles. The minimum absolute atomic E-state index is 0.0691. The molecule has 0 saturated carbocycles. The van der Waals surface area contributed by atoms with E-state index in [2.05, 4.69) is 5.32 Å². The largest absolute Gasteiger partial charge is 0.511 e. The number of nitrogens with one attached hydrogen (secondary N) is 1. The number of halogens is 5. The number of alkyl halides is 3. The fourth-order valence-electron chi connectivity index (χ4n) is 2.55. The second-order valence-electron chi connectivity index (χ2n) is 5.60. The zero-order chi connectivity index (χ0) is 18.8. The molecule has 1 aromatic rings. The van der Waals surface area contributed by atoms with E-state index in [0.717, 1.165) is 12.1 Å². The Labute approximate surface area is 141 Å². The molecule has 0 spiro atoms. The molecule has 0 bridgehead atoms. The van der Waals surface area contributed by atoms with Crippen molar-refractivity contribution in [1.29, 1.82) is 5.26 Å². The smallest absolute Gasteiger partial charge is 0.380 e. The molecule has 25 heavy (non-hydrogen) atoms. The standard InChI is InChI=1S/C14H14F5N3O2S/c15-11-5-10(7-20)6-12(16)13(11)21-8-9-1-3-22(4-2-9)25(23,24)14(17,18)19/h5-6,9,21H,1-4,8H2. The lowest BCUT2D eigenvalue weighted by Gasteiger charge is -2.31. The molecular weight excluding hydrogens is 369 g/mol. The van der Waals surface area contributed by atoms with Gasteiger partial charge in [0.15, 0.2) is 11.6 Å². The Morgan fingerprint density at radius 2 is 1.72 bits per heavy atom. The van der Waals surface area contributed by atoms with Gasteiger partial charge < -0.3 is 5.32 Å². The summed E-state index contributed by atoms with van der Waals surface area (Å²) in [5.74, 6) is -2.14. The first-order valence-electron chi connectivity index (χ1n) is 7.25. The quantitative estimate of drug-likeness (QED) is 0.812. The van der Waals surface area contributed by atoms with Crippen molar-refractivity contribution >= 4 is 15.7 Å². The van der Waals surface area contributed by atoms with Gasteiger partial charge in [-0.2, -0.15) is 22.7 Å². The number of sulfonamides is 1. The van der Waals surface area contributed by atoms with Gasteiger partial charge in [0.05, 0.1) is 11.6 Å². The monoisotopic (exact) mass is 383 g/mol. The van der Waals surface area contributed by atoms with Crippen molar-refractivity contribution in [3.05, 3.63) is 29.3 Å². The summed E-state index contributed by atoms with van der Waals surface area (Å²) < 4.78 is 87.9. The third-order valence-corrected chi connectivity index (χ3v) is 5.57. The third-order valence-electron chi connectivity index (χ3n) is 3.94. The molecule has 0 aliphatic carbocycles. The van der Waals surface area contributed by atoms with E-state index in [1.807, 2.05) is 0 Å². The normalized spacial score (nSPS) is 17.3. The Morgan fingerprint density at radius 3 is 2.16 bits per heavy atom. The minimum Gasteiger partial charge on any atom is -0.380 e. The molecule has 0 unspecified atom stereocenters. The summed E-state index contributed by atoms with van der Waals surface area (Å²) >= 11 is 0. The van der Waals surface area contributed by atoms with Crippen LogP contribution in [0.4, 0.5) is 27.6 Å². The number of anilines is 1. The molecule has 0 amide bonds. The van der Waals surface area contributed by atoms with Crippen molar-refractivity contribution in [1.82, 2.24) is 4.31 Å². The summed E-state index contributed by atoms with van der Waals surface area (Å²) in [6.07, 6.45) is 0.254. The second kappa shape index (κ2) is 7.13. The average Bonchev–Trinajstić information content (AvgIpc) is 2.53. The summed E-state index contributed by atoms with van der Waals surface area (Å²) in [6.45, 7) is -0.557. The lowest BCUT2D eigenvalue weighted by Crippen LogP contribution is -2.45. The number of nitriles is 1. The maximum absolute atomic E-state index is 13.7. The van der Waals surface area contributed by atoms with Crippen LogP contribution in [0.15, 0.2) is 12.1 Å².